The lowest BCUT2D eigenvalue weighted by molar-refractivity contribution is 0.0429. The SMILES string of the molecule is Cc1c(-c2cc3cc(NC(=O)NC4CCCC4)ncc3c(NC(=O)OC(C)(C)C)c2F)cncc1N(C(=O)OC(C)(C)C)C(=O)OC(C)(C)C. The van der Waals surface area contributed by atoms with Crippen LogP contribution >= 0.6 is 0 Å². The summed E-state index contributed by atoms with van der Waals surface area (Å²) < 4.78 is 33.2. The van der Waals surface area contributed by atoms with E-state index in [1.807, 2.05) is 0 Å². The lowest BCUT2D eigenvalue weighted by Gasteiger charge is -2.29. The molecule has 1 aromatic carbocycles. The number of benzene rings is 1. The lowest BCUT2D eigenvalue weighted by Crippen LogP contribution is -2.44. The average molecular weight is 695 g/mol. The van der Waals surface area contributed by atoms with Crippen molar-refractivity contribution in [2.45, 2.75) is 118 Å². The first kappa shape index (κ1) is 37.8. The van der Waals surface area contributed by atoms with Crippen molar-refractivity contribution in [2.75, 3.05) is 15.5 Å². The Balaban J connectivity index is 1.86. The van der Waals surface area contributed by atoms with E-state index in [2.05, 4.69) is 25.9 Å². The molecule has 3 aromatic rings. The maximum atomic E-state index is 16.7. The highest BCUT2D eigenvalue weighted by Crippen LogP contribution is 2.39. The van der Waals surface area contributed by atoms with Crippen LogP contribution in [0.4, 0.5) is 40.8 Å². The summed E-state index contributed by atoms with van der Waals surface area (Å²) in [7, 11) is 0. The second-order valence-electron chi connectivity index (χ2n) is 15.2. The summed E-state index contributed by atoms with van der Waals surface area (Å²) in [5.41, 5.74) is -2.60. The van der Waals surface area contributed by atoms with Gasteiger partial charge < -0.3 is 19.5 Å². The first-order valence-corrected chi connectivity index (χ1v) is 16.5. The molecule has 0 radical (unpaired) electrons. The maximum absolute atomic E-state index is 16.7. The molecule has 1 aliphatic rings. The number of hydrogen-bond acceptors (Lipinski definition) is 9. The van der Waals surface area contributed by atoms with Crippen LogP contribution in [-0.4, -0.2) is 57.1 Å². The number of anilines is 3. The zero-order valence-corrected chi connectivity index (χ0v) is 30.4. The molecule has 0 saturated heterocycles. The lowest BCUT2D eigenvalue weighted by atomic mass is 9.97. The third kappa shape index (κ3) is 9.79. The van der Waals surface area contributed by atoms with Gasteiger partial charge in [0.25, 0.3) is 0 Å². The predicted octanol–water partition coefficient (Wildman–Crippen LogP) is 8.83. The van der Waals surface area contributed by atoms with Crippen LogP contribution in [0.3, 0.4) is 0 Å². The Kier molecular flexibility index (Phi) is 10.9. The molecule has 1 aliphatic carbocycles. The highest BCUT2D eigenvalue weighted by Gasteiger charge is 2.35. The molecule has 1 saturated carbocycles. The van der Waals surface area contributed by atoms with Crippen LogP contribution < -0.4 is 20.9 Å². The minimum absolute atomic E-state index is 0.00665. The molecule has 0 atom stereocenters. The van der Waals surface area contributed by atoms with Crippen LogP contribution in [0.5, 0.6) is 0 Å². The first-order valence-electron chi connectivity index (χ1n) is 16.5. The molecular formula is C36H47FN6O7. The van der Waals surface area contributed by atoms with Crippen molar-refractivity contribution in [1.29, 1.82) is 0 Å². The summed E-state index contributed by atoms with van der Waals surface area (Å²) in [5.74, 6) is -0.661. The Bertz CT molecular complexity index is 1760. The second kappa shape index (κ2) is 14.5. The number of amides is 5. The third-order valence-corrected chi connectivity index (χ3v) is 7.39. The summed E-state index contributed by atoms with van der Waals surface area (Å²) in [6.45, 7) is 16.5. The van der Waals surface area contributed by atoms with Gasteiger partial charge in [0.05, 0.1) is 17.6 Å². The van der Waals surface area contributed by atoms with Crippen molar-refractivity contribution in [1.82, 2.24) is 15.3 Å². The first-order chi connectivity index (χ1) is 23.1. The van der Waals surface area contributed by atoms with E-state index in [1.165, 1.54) is 24.7 Å². The van der Waals surface area contributed by atoms with Gasteiger partial charge in [0, 0.05) is 34.9 Å². The maximum Gasteiger partial charge on any atom is 0.424 e. The minimum atomic E-state index is -1.02. The standard InChI is InChI=1S/C36H47FN6O7/c1-20-24(17-38-19-26(20)43(32(46)49-35(5,6)7)33(47)50-36(8,9)10)23-15-21-16-27(41-30(44)40-22-13-11-12-14-22)39-18-25(21)29(28(23)37)42-31(45)48-34(2,3)4/h15-19,22H,11-14H2,1-10H3,(H,42,45)(H2,39,40,41,44). The molecule has 5 amide bonds. The minimum Gasteiger partial charge on any atom is -0.444 e. The number of carbonyl (C=O) groups excluding carboxylic acids is 4. The number of aromatic nitrogens is 2. The molecular weight excluding hydrogens is 647 g/mol. The van der Waals surface area contributed by atoms with E-state index < -0.39 is 46.9 Å². The number of fused-ring (bicyclic) bond motifs is 1. The zero-order valence-electron chi connectivity index (χ0n) is 30.4. The van der Waals surface area contributed by atoms with E-state index in [9.17, 15) is 19.2 Å². The average Bonchev–Trinajstić information content (AvgIpc) is 3.45. The number of pyridine rings is 2. The zero-order chi connectivity index (χ0) is 37.2. The molecule has 0 spiro atoms. The van der Waals surface area contributed by atoms with E-state index in [1.54, 1.807) is 75.3 Å². The van der Waals surface area contributed by atoms with Crippen molar-refractivity contribution in [3.05, 3.63) is 42.1 Å². The summed E-state index contributed by atoms with van der Waals surface area (Å²) in [6.07, 6.45) is 4.94. The van der Waals surface area contributed by atoms with Gasteiger partial charge in [-0.3, -0.25) is 15.6 Å². The van der Waals surface area contributed by atoms with E-state index in [-0.39, 0.29) is 45.3 Å². The number of carbonyl (C=O) groups is 4. The Morgan fingerprint density at radius 3 is 1.94 bits per heavy atom. The van der Waals surface area contributed by atoms with E-state index in [4.69, 9.17) is 14.2 Å². The van der Waals surface area contributed by atoms with Gasteiger partial charge in [0.15, 0.2) is 5.82 Å². The number of urea groups is 1. The molecule has 50 heavy (non-hydrogen) atoms. The van der Waals surface area contributed by atoms with Gasteiger partial charge in [-0.05, 0) is 105 Å². The Morgan fingerprint density at radius 1 is 0.800 bits per heavy atom. The van der Waals surface area contributed by atoms with Crippen molar-refractivity contribution in [2.24, 2.45) is 0 Å². The van der Waals surface area contributed by atoms with Gasteiger partial charge in [0.2, 0.25) is 0 Å². The van der Waals surface area contributed by atoms with Crippen LogP contribution in [0.2, 0.25) is 0 Å². The molecule has 13 nitrogen and oxygen atoms in total. The molecule has 0 unspecified atom stereocenters. The molecule has 0 aliphatic heterocycles. The van der Waals surface area contributed by atoms with E-state index >= 15 is 4.39 Å². The summed E-state index contributed by atoms with van der Waals surface area (Å²) >= 11 is 0. The number of nitrogens with one attached hydrogen (secondary N) is 3. The van der Waals surface area contributed by atoms with Crippen molar-refractivity contribution in [3.8, 4) is 11.1 Å². The van der Waals surface area contributed by atoms with E-state index in [0.717, 1.165) is 30.6 Å². The number of hydrogen-bond donors (Lipinski definition) is 3. The van der Waals surface area contributed by atoms with Crippen LogP contribution in [0.15, 0.2) is 30.7 Å². The van der Waals surface area contributed by atoms with E-state index in [0.29, 0.717) is 5.39 Å². The van der Waals surface area contributed by atoms with Gasteiger partial charge in [-0.25, -0.2) is 28.6 Å². The monoisotopic (exact) mass is 694 g/mol. The second-order valence-corrected chi connectivity index (χ2v) is 15.2. The van der Waals surface area contributed by atoms with Crippen LogP contribution in [0.25, 0.3) is 21.9 Å². The topological polar surface area (TPSA) is 161 Å². The highest BCUT2D eigenvalue weighted by molar-refractivity contribution is 6.11. The predicted molar refractivity (Wildman–Crippen MR) is 189 cm³/mol. The highest BCUT2D eigenvalue weighted by atomic mass is 19.1. The Hall–Kier alpha value is -5.01. The normalized spacial score (nSPS) is 13.8. The fourth-order valence-electron chi connectivity index (χ4n) is 5.37. The molecule has 1 fully saturated rings. The summed E-state index contributed by atoms with van der Waals surface area (Å²) in [4.78, 5) is 61.8. The fourth-order valence-corrected chi connectivity index (χ4v) is 5.37. The van der Waals surface area contributed by atoms with Crippen LogP contribution in [-0.2, 0) is 14.2 Å². The van der Waals surface area contributed by atoms with Gasteiger partial charge in [-0.2, -0.15) is 4.90 Å². The van der Waals surface area contributed by atoms with Gasteiger partial charge in [0.1, 0.15) is 22.6 Å². The van der Waals surface area contributed by atoms with Crippen molar-refractivity contribution in [3.63, 3.8) is 0 Å². The van der Waals surface area contributed by atoms with Crippen molar-refractivity contribution >= 4 is 52.3 Å². The van der Waals surface area contributed by atoms with Crippen LogP contribution in [0.1, 0.15) is 93.6 Å². The van der Waals surface area contributed by atoms with Crippen molar-refractivity contribution < 1.29 is 37.8 Å². The third-order valence-electron chi connectivity index (χ3n) is 7.39. The number of rotatable bonds is 5. The number of ether oxygens (including phenoxy) is 3. The molecule has 270 valence electrons. The molecule has 0 bridgehead atoms. The van der Waals surface area contributed by atoms with Gasteiger partial charge >= 0.3 is 24.3 Å². The number of imide groups is 1. The fraction of sp³-hybridized carbons (Fsp3) is 0.500. The van der Waals surface area contributed by atoms with Gasteiger partial charge in [-0.15, -0.1) is 0 Å². The summed E-state index contributed by atoms with van der Waals surface area (Å²) in [5, 5.41) is 8.82. The molecule has 14 heteroatoms. The molecule has 4 rings (SSSR count). The van der Waals surface area contributed by atoms with Crippen LogP contribution in [0, 0.1) is 12.7 Å². The van der Waals surface area contributed by atoms with Gasteiger partial charge in [-0.1, -0.05) is 12.8 Å². The Labute approximate surface area is 291 Å². The smallest absolute Gasteiger partial charge is 0.424 e. The largest absolute Gasteiger partial charge is 0.444 e. The summed E-state index contributed by atoms with van der Waals surface area (Å²) in [6, 6.07) is 2.71. The quantitative estimate of drug-likeness (QED) is 0.222. The molecule has 2 heterocycles. The Morgan fingerprint density at radius 2 is 1.38 bits per heavy atom. The molecule has 3 N–H and O–H groups in total. The number of nitrogens with zero attached hydrogens (tertiary/aromatic N) is 3. The molecule has 2 aromatic heterocycles. The number of halogens is 1.